The van der Waals surface area contributed by atoms with E-state index in [-0.39, 0.29) is 11.5 Å². The molecule has 0 aromatic rings. The second-order valence-corrected chi connectivity index (χ2v) is 6.86. The minimum atomic E-state index is -0.222. The third-order valence-electron chi connectivity index (χ3n) is 4.28. The molecule has 0 saturated carbocycles. The maximum atomic E-state index is 4.77. The van der Waals surface area contributed by atoms with Crippen LogP contribution in [0, 0.1) is 5.41 Å². The van der Waals surface area contributed by atoms with Crippen molar-refractivity contribution in [3.05, 3.63) is 47.1 Å². The lowest BCUT2D eigenvalue weighted by Crippen LogP contribution is -2.30. The Morgan fingerprint density at radius 1 is 1.36 bits per heavy atom. The molecule has 0 fully saturated rings. The third kappa shape index (κ3) is 5.66. The van der Waals surface area contributed by atoms with E-state index < -0.39 is 0 Å². The van der Waals surface area contributed by atoms with Gasteiger partial charge < -0.3 is 5.43 Å². The van der Waals surface area contributed by atoms with Crippen LogP contribution in [-0.4, -0.2) is 31.4 Å². The highest BCUT2D eigenvalue weighted by Crippen LogP contribution is 2.27. The molecule has 1 aliphatic heterocycles. The number of dihydropyridines is 1. The van der Waals surface area contributed by atoms with E-state index in [0.717, 1.165) is 17.6 Å². The van der Waals surface area contributed by atoms with E-state index in [1.165, 1.54) is 11.1 Å². The summed E-state index contributed by atoms with van der Waals surface area (Å²) in [5.41, 5.74) is 7.12. The number of aliphatic imine (C=N–C) groups is 2. The van der Waals surface area contributed by atoms with Crippen LogP contribution < -0.4 is 5.43 Å². The van der Waals surface area contributed by atoms with Crippen molar-refractivity contribution in [1.29, 1.82) is 0 Å². The number of nitrogens with one attached hydrogen (secondary N) is 1. The van der Waals surface area contributed by atoms with Crippen LogP contribution >= 0.6 is 0 Å². The summed E-state index contributed by atoms with van der Waals surface area (Å²) in [5, 5.41) is 4.44. The van der Waals surface area contributed by atoms with Gasteiger partial charge >= 0.3 is 0 Å². The SMILES string of the molecule is C=C(C)/C=C(/CC)C(=C(C)C)C(=N/NC)/N=C/C1(C)C=CC=NC1C. The Labute approximate surface area is 152 Å². The molecule has 25 heavy (non-hydrogen) atoms. The Morgan fingerprint density at radius 2 is 2.04 bits per heavy atom. The highest BCUT2D eigenvalue weighted by Gasteiger charge is 2.28. The quantitative estimate of drug-likeness (QED) is 0.319. The van der Waals surface area contributed by atoms with Crippen LogP contribution in [0.15, 0.2) is 62.2 Å². The highest BCUT2D eigenvalue weighted by molar-refractivity contribution is 6.07. The number of hydrogen-bond acceptors (Lipinski definition) is 3. The lowest BCUT2D eigenvalue weighted by Gasteiger charge is -2.28. The van der Waals surface area contributed by atoms with E-state index in [4.69, 9.17) is 4.99 Å². The van der Waals surface area contributed by atoms with Gasteiger partial charge in [-0.3, -0.25) is 4.99 Å². The first-order valence-electron chi connectivity index (χ1n) is 8.80. The van der Waals surface area contributed by atoms with Crippen molar-refractivity contribution in [2.75, 3.05) is 7.05 Å². The minimum absolute atomic E-state index is 0.142. The van der Waals surface area contributed by atoms with Crippen LogP contribution in [0.2, 0.25) is 0 Å². The Kier molecular flexibility index (Phi) is 7.75. The van der Waals surface area contributed by atoms with Crippen molar-refractivity contribution < 1.29 is 0 Å². The third-order valence-corrected chi connectivity index (χ3v) is 4.28. The van der Waals surface area contributed by atoms with Gasteiger partial charge in [-0.25, -0.2) is 4.99 Å². The van der Waals surface area contributed by atoms with Crippen molar-refractivity contribution >= 4 is 18.3 Å². The Morgan fingerprint density at radius 3 is 2.52 bits per heavy atom. The Balaban J connectivity index is 3.34. The molecule has 0 aliphatic carbocycles. The molecule has 4 nitrogen and oxygen atoms in total. The summed E-state index contributed by atoms with van der Waals surface area (Å²) in [5.74, 6) is 0.688. The normalized spacial score (nSPS) is 23.9. The molecule has 0 saturated heterocycles. The van der Waals surface area contributed by atoms with Crippen molar-refractivity contribution in [1.82, 2.24) is 5.43 Å². The zero-order valence-electron chi connectivity index (χ0n) is 16.7. The Hall–Kier alpha value is -2.23. The molecular weight excluding hydrogens is 308 g/mol. The summed E-state index contributed by atoms with van der Waals surface area (Å²) in [7, 11) is 1.79. The van der Waals surface area contributed by atoms with Gasteiger partial charge in [0, 0.05) is 30.5 Å². The summed E-state index contributed by atoms with van der Waals surface area (Å²) >= 11 is 0. The van der Waals surface area contributed by atoms with Crippen molar-refractivity contribution in [2.45, 2.75) is 54.0 Å². The molecule has 1 heterocycles. The fourth-order valence-electron chi connectivity index (χ4n) is 2.67. The largest absolute Gasteiger partial charge is 0.311 e. The maximum absolute atomic E-state index is 4.77. The predicted octanol–water partition coefficient (Wildman–Crippen LogP) is 4.87. The lowest BCUT2D eigenvalue weighted by molar-refractivity contribution is 0.494. The standard InChI is InChI=1S/C21H32N4/c1-9-18(13-15(2)3)19(16(4)5)20(25-22-8)24-14-21(7)11-10-12-23-17(21)6/h10-14,17,22H,2,9H2,1,3-8H3/b18-13-,24-14+,25-20-. The number of hydrogen-bond donors (Lipinski definition) is 1. The topological polar surface area (TPSA) is 49.1 Å². The fourth-order valence-corrected chi connectivity index (χ4v) is 2.67. The van der Waals surface area contributed by atoms with Crippen molar-refractivity contribution in [3.63, 3.8) is 0 Å². The van der Waals surface area contributed by atoms with Crippen LogP contribution in [0.4, 0.5) is 0 Å². The van der Waals surface area contributed by atoms with E-state index in [1.54, 1.807) is 7.05 Å². The molecule has 0 aromatic carbocycles. The predicted molar refractivity (Wildman–Crippen MR) is 112 cm³/mol. The van der Waals surface area contributed by atoms with E-state index in [2.05, 4.69) is 68.9 Å². The summed E-state index contributed by atoms with van der Waals surface area (Å²) in [6.45, 7) is 16.6. The van der Waals surface area contributed by atoms with Gasteiger partial charge in [0.25, 0.3) is 0 Å². The van der Waals surface area contributed by atoms with E-state index in [1.807, 2.05) is 25.4 Å². The zero-order valence-corrected chi connectivity index (χ0v) is 16.7. The average molecular weight is 341 g/mol. The fraction of sp³-hybridized carbons (Fsp3) is 0.476. The number of hydrazone groups is 1. The second kappa shape index (κ2) is 9.30. The van der Waals surface area contributed by atoms with E-state index >= 15 is 0 Å². The monoisotopic (exact) mass is 340 g/mol. The number of nitrogens with zero attached hydrogens (tertiary/aromatic N) is 3. The van der Waals surface area contributed by atoms with Crippen LogP contribution in [0.25, 0.3) is 0 Å². The molecule has 0 spiro atoms. The van der Waals surface area contributed by atoms with Gasteiger partial charge in [-0.15, -0.1) is 0 Å². The van der Waals surface area contributed by atoms with Gasteiger partial charge in [0.2, 0.25) is 0 Å². The van der Waals surface area contributed by atoms with Crippen LogP contribution in [0.1, 0.15) is 48.0 Å². The first kappa shape index (κ1) is 20.8. The molecule has 1 aliphatic rings. The molecule has 0 aromatic heterocycles. The summed E-state index contributed by atoms with van der Waals surface area (Å²) in [6.07, 6.45) is 10.9. The summed E-state index contributed by atoms with van der Waals surface area (Å²) in [6, 6.07) is 0.142. The number of amidine groups is 1. The van der Waals surface area contributed by atoms with Gasteiger partial charge in [0.1, 0.15) is 0 Å². The zero-order chi connectivity index (χ0) is 19.0. The van der Waals surface area contributed by atoms with E-state index in [0.29, 0.717) is 5.84 Å². The smallest absolute Gasteiger partial charge is 0.178 e. The molecular formula is C21H32N4. The first-order valence-corrected chi connectivity index (χ1v) is 8.80. The Bertz CT molecular complexity index is 670. The van der Waals surface area contributed by atoms with Gasteiger partial charge in [-0.1, -0.05) is 36.8 Å². The molecule has 1 N–H and O–H groups in total. The molecule has 0 radical (unpaired) electrons. The number of allylic oxidation sites excluding steroid dienone is 4. The van der Waals surface area contributed by atoms with Crippen LogP contribution in [0.5, 0.6) is 0 Å². The molecule has 4 heteroatoms. The first-order chi connectivity index (χ1) is 11.7. The van der Waals surface area contributed by atoms with Gasteiger partial charge in [-0.2, -0.15) is 5.10 Å². The average Bonchev–Trinajstić information content (AvgIpc) is 2.54. The summed E-state index contributed by atoms with van der Waals surface area (Å²) < 4.78 is 0. The van der Waals surface area contributed by atoms with E-state index in [9.17, 15) is 0 Å². The lowest BCUT2D eigenvalue weighted by atomic mass is 9.83. The minimum Gasteiger partial charge on any atom is -0.311 e. The molecule has 136 valence electrons. The maximum Gasteiger partial charge on any atom is 0.178 e. The molecule has 0 amide bonds. The summed E-state index contributed by atoms with van der Waals surface area (Å²) in [4.78, 5) is 9.25. The van der Waals surface area contributed by atoms with Crippen LogP contribution in [-0.2, 0) is 0 Å². The number of rotatable bonds is 6. The van der Waals surface area contributed by atoms with Gasteiger partial charge in [-0.05, 0) is 52.7 Å². The van der Waals surface area contributed by atoms with Gasteiger partial charge in [0.05, 0.1) is 6.04 Å². The molecule has 0 bridgehead atoms. The molecule has 1 rings (SSSR count). The van der Waals surface area contributed by atoms with Crippen molar-refractivity contribution in [2.24, 2.45) is 20.5 Å². The van der Waals surface area contributed by atoms with Gasteiger partial charge in [0.15, 0.2) is 5.84 Å². The second-order valence-electron chi connectivity index (χ2n) is 6.86. The molecule has 2 unspecified atom stereocenters. The molecule has 2 atom stereocenters. The highest BCUT2D eigenvalue weighted by atomic mass is 15.3. The van der Waals surface area contributed by atoms with Crippen LogP contribution in [0.3, 0.4) is 0 Å². The van der Waals surface area contributed by atoms with Crippen molar-refractivity contribution in [3.8, 4) is 0 Å².